The van der Waals surface area contributed by atoms with Crippen LogP contribution in [0.5, 0.6) is 0 Å². The molecule has 2 amide bonds. The Morgan fingerprint density at radius 1 is 1.08 bits per heavy atom. The SMILES string of the molecule is C=C/C(OC)=C(CC)\C(=C/C)N1C(=O)c2c(Cl)ccc(NS(=O)(=O)c3ccc(C(C)(C)C)cc3)c2C1=O. The van der Waals surface area contributed by atoms with Crippen molar-refractivity contribution in [3.05, 3.63) is 93.9 Å². The lowest BCUT2D eigenvalue weighted by molar-refractivity contribution is 0.0706. The van der Waals surface area contributed by atoms with Gasteiger partial charge in [-0.25, -0.2) is 13.3 Å². The highest BCUT2D eigenvalue weighted by Gasteiger charge is 2.42. The smallest absolute Gasteiger partial charge is 0.268 e. The fraction of sp³-hybridized carbons (Fsp3) is 0.286. The molecule has 0 aromatic heterocycles. The number of halogens is 1. The van der Waals surface area contributed by atoms with Gasteiger partial charge in [0, 0.05) is 5.57 Å². The van der Waals surface area contributed by atoms with Crippen molar-refractivity contribution in [1.82, 2.24) is 4.90 Å². The molecular weight excluding hydrogens is 512 g/mol. The van der Waals surface area contributed by atoms with Gasteiger partial charge in [-0.2, -0.15) is 0 Å². The van der Waals surface area contributed by atoms with E-state index in [0.717, 1.165) is 10.5 Å². The van der Waals surface area contributed by atoms with Crippen molar-refractivity contribution < 1.29 is 22.7 Å². The Hall–Kier alpha value is -3.36. The fourth-order valence-corrected chi connectivity index (χ4v) is 5.53. The molecule has 196 valence electrons. The Morgan fingerprint density at radius 3 is 2.16 bits per heavy atom. The number of nitrogens with one attached hydrogen (secondary N) is 1. The highest BCUT2D eigenvalue weighted by atomic mass is 35.5. The lowest BCUT2D eigenvalue weighted by atomic mass is 9.87. The Labute approximate surface area is 223 Å². The maximum Gasteiger partial charge on any atom is 0.268 e. The summed E-state index contributed by atoms with van der Waals surface area (Å²) >= 11 is 6.34. The van der Waals surface area contributed by atoms with Crippen molar-refractivity contribution >= 4 is 39.1 Å². The molecular formula is C28H31ClN2O5S. The van der Waals surface area contributed by atoms with E-state index in [1.165, 1.54) is 37.5 Å². The zero-order chi connectivity index (χ0) is 27.7. The summed E-state index contributed by atoms with van der Waals surface area (Å²) in [6, 6.07) is 9.30. The Balaban J connectivity index is 2.09. The number of rotatable bonds is 8. The third-order valence-electron chi connectivity index (χ3n) is 6.14. The molecule has 0 atom stereocenters. The number of benzene rings is 2. The lowest BCUT2D eigenvalue weighted by Crippen LogP contribution is -2.30. The lowest BCUT2D eigenvalue weighted by Gasteiger charge is -2.21. The van der Waals surface area contributed by atoms with Crippen LogP contribution in [-0.4, -0.2) is 32.2 Å². The van der Waals surface area contributed by atoms with E-state index in [2.05, 4.69) is 11.3 Å². The van der Waals surface area contributed by atoms with Gasteiger partial charge in [-0.15, -0.1) is 0 Å². The van der Waals surface area contributed by atoms with Crippen molar-refractivity contribution in [2.45, 2.75) is 51.3 Å². The number of methoxy groups -OCH3 is 1. The first-order valence-corrected chi connectivity index (χ1v) is 13.6. The third-order valence-corrected chi connectivity index (χ3v) is 7.84. The number of anilines is 1. The molecule has 1 aliphatic heterocycles. The molecule has 1 aliphatic rings. The molecule has 1 heterocycles. The molecule has 0 saturated carbocycles. The molecule has 2 aromatic carbocycles. The Bertz CT molecular complexity index is 1430. The summed E-state index contributed by atoms with van der Waals surface area (Å²) in [5.74, 6) is -0.932. The van der Waals surface area contributed by atoms with E-state index in [0.29, 0.717) is 23.5 Å². The number of allylic oxidation sites excluding steroid dienone is 3. The monoisotopic (exact) mass is 542 g/mol. The molecule has 9 heteroatoms. The van der Waals surface area contributed by atoms with Crippen LogP contribution in [0.3, 0.4) is 0 Å². The number of nitrogens with zero attached hydrogens (tertiary/aromatic N) is 1. The topological polar surface area (TPSA) is 92.8 Å². The normalized spacial score (nSPS) is 14.9. The standard InChI is InChI=1S/C28H31ClN2O5S/c1-8-19(23(10-3)36-7)22(9-2)31-26(32)24-20(29)15-16-21(25(24)27(31)33)30-37(34,35)18-13-11-17(12-14-18)28(4,5)6/h9-16,30H,3,8H2,1-2,4-7H3/b22-9+,23-19+. The molecule has 0 saturated heterocycles. The van der Waals surface area contributed by atoms with Gasteiger partial charge in [0.1, 0.15) is 5.76 Å². The molecule has 7 nitrogen and oxygen atoms in total. The summed E-state index contributed by atoms with van der Waals surface area (Å²) in [5.41, 5.74) is 1.52. The van der Waals surface area contributed by atoms with Gasteiger partial charge < -0.3 is 4.74 Å². The van der Waals surface area contributed by atoms with E-state index in [1.807, 2.05) is 27.7 Å². The number of amides is 2. The van der Waals surface area contributed by atoms with Gasteiger partial charge in [0.25, 0.3) is 21.8 Å². The summed E-state index contributed by atoms with van der Waals surface area (Å²) in [4.78, 5) is 28.2. The van der Waals surface area contributed by atoms with Crippen LogP contribution in [0.2, 0.25) is 5.02 Å². The molecule has 3 rings (SSSR count). The quantitative estimate of drug-likeness (QED) is 0.235. The van der Waals surface area contributed by atoms with E-state index in [-0.39, 0.29) is 32.1 Å². The molecule has 0 aliphatic carbocycles. The van der Waals surface area contributed by atoms with Crippen LogP contribution in [0, 0.1) is 0 Å². The second kappa shape index (κ2) is 10.6. The second-order valence-corrected chi connectivity index (χ2v) is 11.5. The number of hydrogen-bond donors (Lipinski definition) is 1. The van der Waals surface area contributed by atoms with E-state index < -0.39 is 21.8 Å². The summed E-state index contributed by atoms with van der Waals surface area (Å²) in [7, 11) is -2.60. The number of hydrogen-bond acceptors (Lipinski definition) is 5. The summed E-state index contributed by atoms with van der Waals surface area (Å²) in [5, 5.41) is 0.0431. The molecule has 1 N–H and O–H groups in total. The van der Waals surface area contributed by atoms with E-state index >= 15 is 0 Å². The van der Waals surface area contributed by atoms with E-state index in [1.54, 1.807) is 25.1 Å². The molecule has 0 bridgehead atoms. The first kappa shape index (κ1) is 28.2. The van der Waals surface area contributed by atoms with E-state index in [4.69, 9.17) is 16.3 Å². The Kier molecular flexibility index (Phi) is 8.05. The van der Waals surface area contributed by atoms with Crippen LogP contribution in [0.15, 0.2) is 77.1 Å². The number of carbonyl (C=O) groups is 2. The summed E-state index contributed by atoms with van der Waals surface area (Å²) < 4.78 is 34.3. The predicted octanol–water partition coefficient (Wildman–Crippen LogP) is 6.43. The number of fused-ring (bicyclic) bond motifs is 1. The average molecular weight is 543 g/mol. The third kappa shape index (κ3) is 5.22. The van der Waals surface area contributed by atoms with Crippen molar-refractivity contribution in [3.8, 4) is 0 Å². The van der Waals surface area contributed by atoms with Gasteiger partial charge in [-0.1, -0.05) is 64.1 Å². The average Bonchev–Trinajstić information content (AvgIpc) is 3.11. The fourth-order valence-electron chi connectivity index (χ4n) is 4.22. The summed E-state index contributed by atoms with van der Waals surface area (Å²) in [6.07, 6.45) is 3.57. The van der Waals surface area contributed by atoms with Crippen molar-refractivity contribution in [3.63, 3.8) is 0 Å². The molecule has 2 aromatic rings. The minimum Gasteiger partial charge on any atom is -0.496 e. The maximum atomic E-state index is 13.7. The van der Waals surface area contributed by atoms with Crippen LogP contribution >= 0.6 is 11.6 Å². The number of sulfonamides is 1. The Morgan fingerprint density at radius 2 is 1.68 bits per heavy atom. The first-order chi connectivity index (χ1) is 17.3. The highest BCUT2D eigenvalue weighted by molar-refractivity contribution is 7.92. The van der Waals surface area contributed by atoms with Crippen LogP contribution in [0.4, 0.5) is 5.69 Å². The zero-order valence-electron chi connectivity index (χ0n) is 21.8. The van der Waals surface area contributed by atoms with Crippen LogP contribution in [-0.2, 0) is 20.2 Å². The van der Waals surface area contributed by atoms with Crippen LogP contribution in [0.25, 0.3) is 0 Å². The van der Waals surface area contributed by atoms with Gasteiger partial charge in [-0.3, -0.25) is 14.3 Å². The number of ether oxygens (including phenoxy) is 1. The highest BCUT2D eigenvalue weighted by Crippen LogP contribution is 2.39. The molecule has 0 unspecified atom stereocenters. The van der Waals surface area contributed by atoms with Gasteiger partial charge in [0.2, 0.25) is 0 Å². The molecule has 0 radical (unpaired) electrons. The van der Waals surface area contributed by atoms with Gasteiger partial charge in [0.05, 0.1) is 39.5 Å². The van der Waals surface area contributed by atoms with E-state index in [9.17, 15) is 18.0 Å². The second-order valence-electron chi connectivity index (χ2n) is 9.45. The molecule has 37 heavy (non-hydrogen) atoms. The predicted molar refractivity (Wildman–Crippen MR) is 146 cm³/mol. The van der Waals surface area contributed by atoms with Crippen molar-refractivity contribution in [2.75, 3.05) is 11.8 Å². The van der Waals surface area contributed by atoms with Crippen molar-refractivity contribution in [1.29, 1.82) is 0 Å². The maximum absolute atomic E-state index is 13.7. The minimum atomic E-state index is -4.07. The molecule has 0 spiro atoms. The number of imide groups is 1. The zero-order valence-corrected chi connectivity index (χ0v) is 23.4. The van der Waals surface area contributed by atoms with Gasteiger partial charge in [0.15, 0.2) is 0 Å². The first-order valence-electron chi connectivity index (χ1n) is 11.7. The summed E-state index contributed by atoms with van der Waals surface area (Å²) in [6.45, 7) is 13.4. The van der Waals surface area contributed by atoms with Gasteiger partial charge >= 0.3 is 0 Å². The minimum absolute atomic E-state index is 0.0268. The van der Waals surface area contributed by atoms with Gasteiger partial charge in [-0.05, 0) is 54.7 Å². The number of carbonyl (C=O) groups excluding carboxylic acids is 2. The van der Waals surface area contributed by atoms with Crippen LogP contribution in [0.1, 0.15) is 67.3 Å². The van der Waals surface area contributed by atoms with Crippen molar-refractivity contribution in [2.24, 2.45) is 0 Å². The largest absolute Gasteiger partial charge is 0.496 e. The molecule has 0 fully saturated rings. The van der Waals surface area contributed by atoms with Crippen LogP contribution < -0.4 is 4.72 Å².